The molecule has 0 fully saturated rings. The molecule has 30 heavy (non-hydrogen) atoms. The number of benzene rings is 3. The predicted octanol–water partition coefficient (Wildman–Crippen LogP) is 4.49. The number of fused-ring (bicyclic) bond motifs is 2. The van der Waals surface area contributed by atoms with Crippen molar-refractivity contribution in [2.24, 2.45) is 0 Å². The lowest BCUT2D eigenvalue weighted by molar-refractivity contribution is -0.264. The minimum absolute atomic E-state index is 0.342. The topological polar surface area (TPSA) is 58.6 Å². The minimum atomic E-state index is -4.98. The molecule has 2 N–H and O–H groups in total. The Morgan fingerprint density at radius 1 is 0.867 bits per heavy atom. The first-order valence-electron chi connectivity index (χ1n) is 9.29. The molecular formula is C23H18F3NO3. The average Bonchev–Trinajstić information content (AvgIpc) is 2.75. The zero-order chi connectivity index (χ0) is 21.4. The third-order valence-corrected chi connectivity index (χ3v) is 5.18. The van der Waals surface area contributed by atoms with E-state index in [2.05, 4.69) is 5.32 Å². The Hall–Kier alpha value is -3.32. The first-order valence-corrected chi connectivity index (χ1v) is 9.29. The minimum Gasteiger partial charge on any atom is -0.457 e. The maximum Gasteiger partial charge on any atom is 0.423 e. The summed E-state index contributed by atoms with van der Waals surface area (Å²) >= 11 is 0. The number of carbonyl (C=O) groups excluding carboxylic acids is 1. The standard InChI is InChI=1S/C23H18F3NO3/c24-23(25,26)22(29,15-8-2-1-3-9-15)14-27-21(28)20-16-10-4-6-12-18(16)30-19-13-7-5-11-17(19)20/h1-13,20,29H,14H2,(H,27,28). The van der Waals surface area contributed by atoms with Crippen LogP contribution in [0.2, 0.25) is 0 Å². The molecule has 0 bridgehead atoms. The van der Waals surface area contributed by atoms with Crippen molar-refractivity contribution in [3.63, 3.8) is 0 Å². The highest BCUT2D eigenvalue weighted by atomic mass is 19.4. The van der Waals surface area contributed by atoms with Gasteiger partial charge in [-0.2, -0.15) is 13.2 Å². The Bertz CT molecular complexity index is 1020. The summed E-state index contributed by atoms with van der Waals surface area (Å²) in [5.74, 6) is -0.591. The fourth-order valence-electron chi connectivity index (χ4n) is 3.59. The fraction of sp³-hybridized carbons (Fsp3) is 0.174. The smallest absolute Gasteiger partial charge is 0.423 e. The number of hydrogen-bond donors (Lipinski definition) is 2. The van der Waals surface area contributed by atoms with Crippen molar-refractivity contribution in [3.8, 4) is 11.5 Å². The fourth-order valence-corrected chi connectivity index (χ4v) is 3.59. The van der Waals surface area contributed by atoms with Gasteiger partial charge < -0.3 is 15.2 Å². The van der Waals surface area contributed by atoms with E-state index in [1.165, 1.54) is 24.3 Å². The van der Waals surface area contributed by atoms with E-state index in [0.29, 0.717) is 22.6 Å². The summed E-state index contributed by atoms with van der Waals surface area (Å²) in [6, 6.07) is 20.5. The zero-order valence-electron chi connectivity index (χ0n) is 15.7. The number of nitrogens with one attached hydrogen (secondary N) is 1. The molecule has 3 aromatic rings. The lowest BCUT2D eigenvalue weighted by Gasteiger charge is -2.32. The van der Waals surface area contributed by atoms with Crippen LogP contribution in [0.25, 0.3) is 0 Å². The van der Waals surface area contributed by atoms with E-state index in [9.17, 15) is 23.1 Å². The Balaban J connectivity index is 1.66. The van der Waals surface area contributed by atoms with E-state index in [0.717, 1.165) is 0 Å². The van der Waals surface area contributed by atoms with Crippen LogP contribution in [-0.2, 0) is 10.4 Å². The van der Waals surface area contributed by atoms with Crippen molar-refractivity contribution in [2.45, 2.75) is 17.7 Å². The molecule has 0 saturated carbocycles. The van der Waals surface area contributed by atoms with Crippen LogP contribution >= 0.6 is 0 Å². The van der Waals surface area contributed by atoms with Crippen molar-refractivity contribution in [3.05, 3.63) is 95.6 Å². The monoisotopic (exact) mass is 413 g/mol. The number of alkyl halides is 3. The van der Waals surface area contributed by atoms with Gasteiger partial charge in [0.2, 0.25) is 11.5 Å². The van der Waals surface area contributed by atoms with Gasteiger partial charge in [-0.1, -0.05) is 66.7 Å². The van der Waals surface area contributed by atoms with E-state index < -0.39 is 30.1 Å². The number of amides is 1. The summed E-state index contributed by atoms with van der Waals surface area (Å²) in [4.78, 5) is 13.1. The number of para-hydroxylation sites is 2. The van der Waals surface area contributed by atoms with Crippen molar-refractivity contribution in [2.75, 3.05) is 6.54 Å². The molecule has 0 saturated heterocycles. The molecule has 154 valence electrons. The van der Waals surface area contributed by atoms with Gasteiger partial charge in [-0.15, -0.1) is 0 Å². The second kappa shape index (κ2) is 7.50. The Labute approximate surface area is 170 Å². The lowest BCUT2D eigenvalue weighted by atomic mass is 9.86. The first kappa shape index (κ1) is 20.0. The van der Waals surface area contributed by atoms with Gasteiger partial charge in [-0.3, -0.25) is 4.79 Å². The molecule has 1 aliphatic rings. The third kappa shape index (κ3) is 3.41. The molecular weight excluding hydrogens is 395 g/mol. The highest BCUT2D eigenvalue weighted by Crippen LogP contribution is 2.44. The van der Waals surface area contributed by atoms with Gasteiger partial charge in [0, 0.05) is 11.1 Å². The summed E-state index contributed by atoms with van der Waals surface area (Å²) in [6.07, 6.45) is -4.98. The summed E-state index contributed by atoms with van der Waals surface area (Å²) in [7, 11) is 0. The van der Waals surface area contributed by atoms with E-state index in [-0.39, 0.29) is 5.56 Å². The highest BCUT2D eigenvalue weighted by Gasteiger charge is 2.55. The van der Waals surface area contributed by atoms with Crippen molar-refractivity contribution in [1.29, 1.82) is 0 Å². The van der Waals surface area contributed by atoms with Crippen LogP contribution in [0.4, 0.5) is 13.2 Å². The molecule has 0 aromatic heterocycles. The Morgan fingerprint density at radius 2 is 1.37 bits per heavy atom. The molecule has 1 heterocycles. The molecule has 1 amide bonds. The van der Waals surface area contributed by atoms with Crippen LogP contribution in [-0.4, -0.2) is 23.7 Å². The van der Waals surface area contributed by atoms with Crippen LogP contribution in [0.1, 0.15) is 22.6 Å². The first-order chi connectivity index (χ1) is 14.3. The molecule has 0 spiro atoms. The van der Waals surface area contributed by atoms with Gasteiger partial charge in [-0.05, 0) is 17.7 Å². The summed E-state index contributed by atoms with van der Waals surface area (Å²) in [5, 5.41) is 12.8. The molecule has 1 unspecified atom stereocenters. The van der Waals surface area contributed by atoms with Gasteiger partial charge in [0.25, 0.3) is 0 Å². The molecule has 0 radical (unpaired) electrons. The predicted molar refractivity (Wildman–Crippen MR) is 104 cm³/mol. The van der Waals surface area contributed by atoms with Gasteiger partial charge in [0.05, 0.1) is 12.5 Å². The molecule has 7 heteroatoms. The normalized spacial score (nSPS) is 15.3. The maximum atomic E-state index is 13.7. The Morgan fingerprint density at radius 3 is 1.90 bits per heavy atom. The summed E-state index contributed by atoms with van der Waals surface area (Å²) in [5.41, 5.74) is -2.47. The quantitative estimate of drug-likeness (QED) is 0.663. The second-order valence-electron chi connectivity index (χ2n) is 7.05. The molecule has 1 atom stereocenters. The zero-order valence-corrected chi connectivity index (χ0v) is 15.7. The van der Waals surface area contributed by atoms with Crippen LogP contribution in [0.3, 0.4) is 0 Å². The van der Waals surface area contributed by atoms with Crippen LogP contribution in [0, 0.1) is 0 Å². The van der Waals surface area contributed by atoms with E-state index in [1.54, 1.807) is 54.6 Å². The van der Waals surface area contributed by atoms with Gasteiger partial charge in [0.15, 0.2) is 0 Å². The number of aliphatic hydroxyl groups is 1. The van der Waals surface area contributed by atoms with E-state index in [1.807, 2.05) is 0 Å². The van der Waals surface area contributed by atoms with Gasteiger partial charge in [-0.25, -0.2) is 0 Å². The maximum absolute atomic E-state index is 13.7. The van der Waals surface area contributed by atoms with Crippen LogP contribution < -0.4 is 10.1 Å². The number of hydrogen-bond acceptors (Lipinski definition) is 3. The number of carbonyl (C=O) groups is 1. The van der Waals surface area contributed by atoms with Crippen LogP contribution in [0.5, 0.6) is 11.5 Å². The van der Waals surface area contributed by atoms with E-state index in [4.69, 9.17) is 4.74 Å². The Kier molecular flexibility index (Phi) is 4.99. The van der Waals surface area contributed by atoms with E-state index >= 15 is 0 Å². The number of halogens is 3. The SMILES string of the molecule is O=C(NCC(O)(c1ccccc1)C(F)(F)F)C1c2ccccc2Oc2ccccc21. The average molecular weight is 413 g/mol. The third-order valence-electron chi connectivity index (χ3n) is 5.18. The molecule has 3 aromatic carbocycles. The number of rotatable bonds is 4. The van der Waals surface area contributed by atoms with Crippen LogP contribution in [0.15, 0.2) is 78.9 Å². The summed E-state index contributed by atoms with van der Waals surface area (Å²) < 4.78 is 47.0. The van der Waals surface area contributed by atoms with Crippen molar-refractivity contribution in [1.82, 2.24) is 5.32 Å². The van der Waals surface area contributed by atoms with Gasteiger partial charge >= 0.3 is 6.18 Å². The molecule has 1 aliphatic heterocycles. The van der Waals surface area contributed by atoms with Crippen molar-refractivity contribution < 1.29 is 27.8 Å². The largest absolute Gasteiger partial charge is 0.457 e. The summed E-state index contributed by atoms with van der Waals surface area (Å²) in [6.45, 7) is -1.01. The second-order valence-corrected chi connectivity index (χ2v) is 7.05. The molecule has 4 nitrogen and oxygen atoms in total. The highest BCUT2D eigenvalue weighted by molar-refractivity contribution is 5.89. The number of ether oxygens (including phenoxy) is 1. The molecule has 0 aliphatic carbocycles. The molecule has 4 rings (SSSR count). The van der Waals surface area contributed by atoms with Crippen molar-refractivity contribution >= 4 is 5.91 Å². The lowest BCUT2D eigenvalue weighted by Crippen LogP contribution is -2.51. The van der Waals surface area contributed by atoms with Gasteiger partial charge in [0.1, 0.15) is 11.5 Å².